The summed E-state index contributed by atoms with van der Waals surface area (Å²) in [5.74, 6) is 0.920. The lowest BCUT2D eigenvalue weighted by molar-refractivity contribution is 0.498. The van der Waals surface area contributed by atoms with Gasteiger partial charge in [0.2, 0.25) is 0 Å². The summed E-state index contributed by atoms with van der Waals surface area (Å²) >= 11 is 0. The van der Waals surface area contributed by atoms with Gasteiger partial charge in [-0.1, -0.05) is 26.8 Å². The molecule has 18 heavy (non-hydrogen) atoms. The maximum atomic E-state index is 6.16. The second-order valence-electron chi connectivity index (χ2n) is 6.67. The minimum Gasteiger partial charge on any atom is -0.330 e. The Bertz CT molecular complexity index is 580. The van der Waals surface area contributed by atoms with E-state index in [1.165, 1.54) is 5.56 Å². The van der Waals surface area contributed by atoms with Crippen molar-refractivity contribution in [3.05, 3.63) is 29.6 Å². The Morgan fingerprint density at radius 3 is 2.22 bits per heavy atom. The minimum atomic E-state index is -0.421. The standard InChI is InChI=1S/C15H23N3/c1-14(2,3)10-7-8-12-11(9-10)17-13(18(12)6)15(4,5)16/h7-9H,16H2,1-6H3. The molecule has 3 heteroatoms. The van der Waals surface area contributed by atoms with E-state index in [4.69, 9.17) is 10.7 Å². The van der Waals surface area contributed by atoms with Crippen molar-refractivity contribution in [1.82, 2.24) is 9.55 Å². The van der Waals surface area contributed by atoms with Crippen LogP contribution in [0, 0.1) is 0 Å². The lowest BCUT2D eigenvalue weighted by Crippen LogP contribution is -2.32. The van der Waals surface area contributed by atoms with E-state index in [-0.39, 0.29) is 5.41 Å². The summed E-state index contributed by atoms with van der Waals surface area (Å²) < 4.78 is 2.09. The molecule has 0 radical (unpaired) electrons. The molecular weight excluding hydrogens is 222 g/mol. The Hall–Kier alpha value is -1.35. The normalized spacial score (nSPS) is 13.3. The molecule has 2 aromatic rings. The topological polar surface area (TPSA) is 43.8 Å². The van der Waals surface area contributed by atoms with Gasteiger partial charge in [0.05, 0.1) is 16.6 Å². The van der Waals surface area contributed by atoms with Crippen molar-refractivity contribution in [3.8, 4) is 0 Å². The van der Waals surface area contributed by atoms with Crippen molar-refractivity contribution < 1.29 is 0 Å². The first-order valence-corrected chi connectivity index (χ1v) is 6.37. The zero-order valence-electron chi connectivity index (χ0n) is 12.2. The highest BCUT2D eigenvalue weighted by Crippen LogP contribution is 2.27. The first-order valence-electron chi connectivity index (χ1n) is 6.37. The zero-order chi connectivity index (χ0) is 13.7. The second-order valence-corrected chi connectivity index (χ2v) is 6.67. The summed E-state index contributed by atoms with van der Waals surface area (Å²) in [6.45, 7) is 10.6. The molecule has 0 bridgehead atoms. The molecule has 0 aliphatic rings. The number of imidazole rings is 1. The van der Waals surface area contributed by atoms with Crippen molar-refractivity contribution in [2.24, 2.45) is 12.8 Å². The number of rotatable bonds is 1. The zero-order valence-corrected chi connectivity index (χ0v) is 12.2. The van der Waals surface area contributed by atoms with Crippen LogP contribution in [0.25, 0.3) is 11.0 Å². The molecule has 0 unspecified atom stereocenters. The number of nitrogens with zero attached hydrogens (tertiary/aromatic N) is 2. The van der Waals surface area contributed by atoms with Crippen molar-refractivity contribution >= 4 is 11.0 Å². The third kappa shape index (κ3) is 2.15. The van der Waals surface area contributed by atoms with Crippen LogP contribution in [0.1, 0.15) is 46.0 Å². The highest BCUT2D eigenvalue weighted by atomic mass is 15.1. The van der Waals surface area contributed by atoms with E-state index < -0.39 is 5.54 Å². The SMILES string of the molecule is Cn1c(C(C)(C)N)nc2cc(C(C)(C)C)ccc21. The van der Waals surface area contributed by atoms with Crippen molar-refractivity contribution in [1.29, 1.82) is 0 Å². The first kappa shape index (κ1) is 13.1. The molecule has 1 aromatic carbocycles. The van der Waals surface area contributed by atoms with Crippen LogP contribution < -0.4 is 5.73 Å². The van der Waals surface area contributed by atoms with Crippen LogP contribution >= 0.6 is 0 Å². The van der Waals surface area contributed by atoms with E-state index in [0.29, 0.717) is 0 Å². The fraction of sp³-hybridized carbons (Fsp3) is 0.533. The van der Waals surface area contributed by atoms with Crippen molar-refractivity contribution in [3.63, 3.8) is 0 Å². The van der Waals surface area contributed by atoms with Crippen LogP contribution in [0.4, 0.5) is 0 Å². The average Bonchev–Trinajstić information content (AvgIpc) is 2.54. The van der Waals surface area contributed by atoms with Crippen LogP contribution in [0.2, 0.25) is 0 Å². The fourth-order valence-corrected chi connectivity index (χ4v) is 2.24. The maximum absolute atomic E-state index is 6.16. The van der Waals surface area contributed by atoms with Gasteiger partial charge in [-0.3, -0.25) is 0 Å². The van der Waals surface area contributed by atoms with Gasteiger partial charge < -0.3 is 10.3 Å². The molecule has 3 nitrogen and oxygen atoms in total. The molecule has 0 saturated carbocycles. The van der Waals surface area contributed by atoms with Gasteiger partial charge in [0.1, 0.15) is 5.82 Å². The molecule has 0 saturated heterocycles. The van der Waals surface area contributed by atoms with Crippen LogP contribution in [0.15, 0.2) is 18.2 Å². The highest BCUT2D eigenvalue weighted by molar-refractivity contribution is 5.77. The molecular formula is C15H23N3. The number of benzene rings is 1. The number of aromatic nitrogens is 2. The Balaban J connectivity index is 2.67. The summed E-state index contributed by atoms with van der Waals surface area (Å²) in [7, 11) is 2.02. The minimum absolute atomic E-state index is 0.143. The van der Waals surface area contributed by atoms with Gasteiger partial charge in [-0.2, -0.15) is 0 Å². The van der Waals surface area contributed by atoms with Gasteiger partial charge in [0, 0.05) is 7.05 Å². The largest absolute Gasteiger partial charge is 0.330 e. The lowest BCUT2D eigenvalue weighted by atomic mass is 9.87. The van der Waals surface area contributed by atoms with Gasteiger partial charge in [-0.05, 0) is 37.0 Å². The van der Waals surface area contributed by atoms with E-state index in [1.807, 2.05) is 20.9 Å². The lowest BCUT2D eigenvalue weighted by Gasteiger charge is -2.18. The van der Waals surface area contributed by atoms with Crippen molar-refractivity contribution in [2.75, 3.05) is 0 Å². The summed E-state index contributed by atoms with van der Waals surface area (Å²) in [4.78, 5) is 4.70. The first-order chi connectivity index (χ1) is 8.10. The van der Waals surface area contributed by atoms with E-state index in [2.05, 4.69) is 43.5 Å². The van der Waals surface area contributed by atoms with Crippen LogP contribution in [-0.2, 0) is 18.0 Å². The molecule has 98 valence electrons. The third-order valence-electron chi connectivity index (χ3n) is 3.32. The smallest absolute Gasteiger partial charge is 0.129 e. The fourth-order valence-electron chi connectivity index (χ4n) is 2.24. The third-order valence-corrected chi connectivity index (χ3v) is 3.32. The number of hydrogen-bond donors (Lipinski definition) is 1. The molecule has 0 aliphatic carbocycles. The predicted octanol–water partition coefficient (Wildman–Crippen LogP) is 3.06. The Kier molecular flexibility index (Phi) is 2.78. The Morgan fingerprint density at radius 1 is 1.11 bits per heavy atom. The Labute approximate surface area is 109 Å². The van der Waals surface area contributed by atoms with E-state index >= 15 is 0 Å². The van der Waals surface area contributed by atoms with E-state index in [1.54, 1.807) is 0 Å². The van der Waals surface area contributed by atoms with Gasteiger partial charge in [-0.25, -0.2) is 4.98 Å². The molecule has 2 rings (SSSR count). The molecule has 0 fully saturated rings. The van der Waals surface area contributed by atoms with Gasteiger partial charge >= 0.3 is 0 Å². The molecule has 0 spiro atoms. The van der Waals surface area contributed by atoms with Gasteiger partial charge in [0.25, 0.3) is 0 Å². The number of aryl methyl sites for hydroxylation is 1. The predicted molar refractivity (Wildman–Crippen MR) is 76.6 cm³/mol. The maximum Gasteiger partial charge on any atom is 0.129 e. The number of fused-ring (bicyclic) bond motifs is 1. The summed E-state index contributed by atoms with van der Waals surface area (Å²) in [5.41, 5.74) is 9.35. The monoisotopic (exact) mass is 245 g/mol. The Morgan fingerprint density at radius 2 is 1.72 bits per heavy atom. The molecule has 0 amide bonds. The van der Waals surface area contributed by atoms with Crippen molar-refractivity contribution in [2.45, 2.75) is 45.6 Å². The van der Waals surface area contributed by atoms with E-state index in [9.17, 15) is 0 Å². The highest BCUT2D eigenvalue weighted by Gasteiger charge is 2.22. The molecule has 2 N–H and O–H groups in total. The summed E-state index contributed by atoms with van der Waals surface area (Å²) in [6.07, 6.45) is 0. The summed E-state index contributed by atoms with van der Waals surface area (Å²) in [6, 6.07) is 6.49. The molecule has 1 heterocycles. The quantitative estimate of drug-likeness (QED) is 0.839. The number of nitrogens with two attached hydrogens (primary N) is 1. The number of hydrogen-bond acceptors (Lipinski definition) is 2. The molecule has 0 aliphatic heterocycles. The van der Waals surface area contributed by atoms with Crippen LogP contribution in [-0.4, -0.2) is 9.55 Å². The summed E-state index contributed by atoms with van der Waals surface area (Å²) in [5, 5.41) is 0. The van der Waals surface area contributed by atoms with Gasteiger partial charge in [-0.15, -0.1) is 0 Å². The van der Waals surface area contributed by atoms with Crippen LogP contribution in [0.3, 0.4) is 0 Å². The average molecular weight is 245 g/mol. The molecule has 0 atom stereocenters. The molecule has 1 aromatic heterocycles. The van der Waals surface area contributed by atoms with E-state index in [0.717, 1.165) is 16.9 Å². The van der Waals surface area contributed by atoms with Crippen LogP contribution in [0.5, 0.6) is 0 Å². The second kappa shape index (κ2) is 3.82. The van der Waals surface area contributed by atoms with Gasteiger partial charge in [0.15, 0.2) is 0 Å².